The lowest BCUT2D eigenvalue weighted by atomic mass is 9.99. The molecule has 1 aromatic heterocycles. The van der Waals surface area contributed by atoms with Crippen molar-refractivity contribution < 1.29 is 23.9 Å². The number of esters is 1. The number of halogens is 2. The molecular formula is C16H18Cl2N4O5. The molecule has 9 nitrogen and oxygen atoms in total. The van der Waals surface area contributed by atoms with E-state index in [4.69, 9.17) is 27.9 Å². The highest BCUT2D eigenvalue weighted by Crippen LogP contribution is 2.23. The number of hydrogen-bond donors (Lipinski definition) is 2. The van der Waals surface area contributed by atoms with Crippen molar-refractivity contribution in [2.45, 2.75) is 38.8 Å². The minimum Gasteiger partial charge on any atom is -0.451 e. The third-order valence-electron chi connectivity index (χ3n) is 4.07. The number of rotatable bonds is 6. The monoisotopic (exact) mass is 416 g/mol. The summed E-state index contributed by atoms with van der Waals surface area (Å²) in [5.74, 6) is -2.06. The zero-order valence-electron chi connectivity index (χ0n) is 14.8. The normalized spacial score (nSPS) is 20.3. The molecule has 1 aliphatic heterocycles. The van der Waals surface area contributed by atoms with E-state index in [0.717, 1.165) is 4.90 Å². The molecule has 4 amide bonds. The van der Waals surface area contributed by atoms with Crippen LogP contribution in [0.3, 0.4) is 0 Å². The van der Waals surface area contributed by atoms with Gasteiger partial charge in [-0.3, -0.25) is 19.3 Å². The zero-order chi connectivity index (χ0) is 20.4. The summed E-state index contributed by atoms with van der Waals surface area (Å²) in [5, 5.41) is 5.33. The van der Waals surface area contributed by atoms with E-state index >= 15 is 0 Å². The van der Waals surface area contributed by atoms with Gasteiger partial charge in [-0.25, -0.2) is 9.78 Å². The second kappa shape index (κ2) is 8.10. The van der Waals surface area contributed by atoms with Gasteiger partial charge in [0.2, 0.25) is 0 Å². The molecule has 0 saturated carbocycles. The fourth-order valence-corrected chi connectivity index (χ4v) is 2.70. The lowest BCUT2D eigenvalue weighted by Crippen LogP contribution is -2.44. The summed E-state index contributed by atoms with van der Waals surface area (Å²) in [6.07, 6.45) is 0.461. The van der Waals surface area contributed by atoms with E-state index in [1.54, 1.807) is 13.8 Å². The van der Waals surface area contributed by atoms with Gasteiger partial charge in [-0.2, -0.15) is 0 Å². The van der Waals surface area contributed by atoms with E-state index in [1.165, 1.54) is 19.2 Å². The number of aromatic nitrogens is 1. The Kier molecular flexibility index (Phi) is 6.27. The molecule has 0 aliphatic carbocycles. The summed E-state index contributed by atoms with van der Waals surface area (Å²) < 4.78 is 4.99. The van der Waals surface area contributed by atoms with Gasteiger partial charge in [0.15, 0.2) is 11.9 Å². The molecule has 27 heavy (non-hydrogen) atoms. The molecule has 0 radical (unpaired) electrons. The molecule has 0 aromatic carbocycles. The number of ether oxygens (including phenoxy) is 1. The Hall–Kier alpha value is -2.39. The molecule has 0 unspecified atom stereocenters. The van der Waals surface area contributed by atoms with Gasteiger partial charge in [-0.15, -0.1) is 0 Å². The first-order valence-corrected chi connectivity index (χ1v) is 8.78. The fourth-order valence-electron chi connectivity index (χ4n) is 2.27. The second-order valence-electron chi connectivity index (χ2n) is 6.11. The van der Waals surface area contributed by atoms with Crippen LogP contribution in [0.15, 0.2) is 12.3 Å². The van der Waals surface area contributed by atoms with Crippen molar-refractivity contribution in [2.24, 2.45) is 0 Å². The third-order valence-corrected chi connectivity index (χ3v) is 4.56. The maximum atomic E-state index is 12.3. The number of hydrogen-bond acceptors (Lipinski definition) is 6. The Balaban J connectivity index is 1.94. The molecule has 1 saturated heterocycles. The average Bonchev–Trinajstić information content (AvgIpc) is 2.81. The van der Waals surface area contributed by atoms with Gasteiger partial charge in [0.1, 0.15) is 12.1 Å². The molecule has 2 heterocycles. The number of imide groups is 1. The average molecular weight is 417 g/mol. The summed E-state index contributed by atoms with van der Waals surface area (Å²) in [4.78, 5) is 52.9. The van der Waals surface area contributed by atoms with Crippen LogP contribution in [0.4, 0.5) is 10.6 Å². The van der Waals surface area contributed by atoms with Gasteiger partial charge in [0.25, 0.3) is 11.8 Å². The Labute approximate surface area is 165 Å². The summed E-state index contributed by atoms with van der Waals surface area (Å²) in [7, 11) is 0. The van der Waals surface area contributed by atoms with Crippen LogP contribution in [-0.2, 0) is 19.1 Å². The highest BCUT2D eigenvalue weighted by atomic mass is 35.5. The van der Waals surface area contributed by atoms with Gasteiger partial charge < -0.3 is 15.4 Å². The van der Waals surface area contributed by atoms with Gasteiger partial charge in [0, 0.05) is 6.20 Å². The molecule has 1 fully saturated rings. The van der Waals surface area contributed by atoms with E-state index in [2.05, 4.69) is 15.6 Å². The van der Waals surface area contributed by atoms with E-state index in [0.29, 0.717) is 11.4 Å². The molecule has 2 rings (SSSR count). The minimum absolute atomic E-state index is 0.0572. The highest BCUT2D eigenvalue weighted by molar-refractivity contribution is 6.36. The van der Waals surface area contributed by atoms with E-state index in [9.17, 15) is 19.2 Å². The second-order valence-corrected chi connectivity index (χ2v) is 6.96. The van der Waals surface area contributed by atoms with Gasteiger partial charge in [-0.05, 0) is 26.3 Å². The topological polar surface area (TPSA) is 118 Å². The fraction of sp³-hybridized carbons (Fsp3) is 0.438. The SMILES string of the molecule is CC[C@@]1(C)NC(=O)N(CC(=O)O[C@H](C)C(=O)Nc2ncc(Cl)cc2Cl)C1=O. The van der Waals surface area contributed by atoms with Gasteiger partial charge in [0.05, 0.1) is 10.0 Å². The molecule has 0 spiro atoms. The van der Waals surface area contributed by atoms with Crippen LogP contribution in [0.1, 0.15) is 27.2 Å². The first kappa shape index (κ1) is 20.9. The predicted octanol–water partition coefficient (Wildman–Crippen LogP) is 1.98. The van der Waals surface area contributed by atoms with Gasteiger partial charge in [-0.1, -0.05) is 30.1 Å². The molecule has 2 atom stereocenters. The lowest BCUT2D eigenvalue weighted by Gasteiger charge is -2.19. The minimum atomic E-state index is -1.20. The Morgan fingerprint density at radius 3 is 2.63 bits per heavy atom. The van der Waals surface area contributed by atoms with Crippen molar-refractivity contribution in [3.63, 3.8) is 0 Å². The van der Waals surface area contributed by atoms with Crippen LogP contribution in [0.5, 0.6) is 0 Å². The largest absolute Gasteiger partial charge is 0.451 e. The van der Waals surface area contributed by atoms with Gasteiger partial charge >= 0.3 is 12.0 Å². The number of urea groups is 1. The molecule has 146 valence electrons. The number of anilines is 1. The van der Waals surface area contributed by atoms with Crippen LogP contribution in [0, 0.1) is 0 Å². The van der Waals surface area contributed by atoms with Crippen LogP contribution >= 0.6 is 23.2 Å². The number of amides is 4. The smallest absolute Gasteiger partial charge is 0.327 e. The number of nitrogens with zero attached hydrogens (tertiary/aromatic N) is 2. The maximum Gasteiger partial charge on any atom is 0.327 e. The molecule has 1 aromatic rings. The number of carbonyl (C=O) groups excluding carboxylic acids is 4. The summed E-state index contributed by atoms with van der Waals surface area (Å²) >= 11 is 11.6. The number of nitrogens with one attached hydrogen (secondary N) is 2. The molecule has 11 heteroatoms. The van der Waals surface area contributed by atoms with E-state index in [1.807, 2.05) is 0 Å². The Morgan fingerprint density at radius 2 is 2.07 bits per heavy atom. The Morgan fingerprint density at radius 1 is 1.41 bits per heavy atom. The van der Waals surface area contributed by atoms with Crippen LogP contribution in [0.25, 0.3) is 0 Å². The first-order chi connectivity index (χ1) is 12.6. The van der Waals surface area contributed by atoms with Crippen LogP contribution in [-0.4, -0.2) is 51.9 Å². The summed E-state index contributed by atoms with van der Waals surface area (Å²) in [5.41, 5.74) is -1.06. The molecule has 1 aliphatic rings. The molecule has 0 bridgehead atoms. The van der Waals surface area contributed by atoms with Crippen molar-refractivity contribution in [3.8, 4) is 0 Å². The Bertz CT molecular complexity index is 803. The van der Waals surface area contributed by atoms with Crippen LogP contribution < -0.4 is 10.6 Å². The summed E-state index contributed by atoms with van der Waals surface area (Å²) in [6.45, 7) is 4.04. The molecule has 2 N–H and O–H groups in total. The molecular weight excluding hydrogens is 399 g/mol. The van der Waals surface area contributed by atoms with E-state index in [-0.39, 0.29) is 10.8 Å². The van der Waals surface area contributed by atoms with E-state index < -0.39 is 42.0 Å². The highest BCUT2D eigenvalue weighted by Gasteiger charge is 2.47. The quantitative estimate of drug-likeness (QED) is 0.540. The standard InChI is InChI=1S/C16H18Cl2N4O5/c1-4-16(3)14(25)22(15(26)21-16)7-11(23)27-8(2)13(24)20-12-10(18)5-9(17)6-19-12/h5-6,8H,4,7H2,1-3H3,(H,21,26)(H,19,20,24)/t8-,16-/m1/s1. The van der Waals surface area contributed by atoms with Crippen molar-refractivity contribution >= 4 is 52.8 Å². The van der Waals surface area contributed by atoms with Crippen molar-refractivity contribution in [3.05, 3.63) is 22.3 Å². The van der Waals surface area contributed by atoms with Crippen molar-refractivity contribution in [1.29, 1.82) is 0 Å². The summed E-state index contributed by atoms with van der Waals surface area (Å²) in [6, 6.07) is 0.709. The van der Waals surface area contributed by atoms with Crippen molar-refractivity contribution in [1.82, 2.24) is 15.2 Å². The third kappa shape index (κ3) is 4.67. The first-order valence-electron chi connectivity index (χ1n) is 8.03. The predicted molar refractivity (Wildman–Crippen MR) is 97.4 cm³/mol. The number of carbonyl (C=O) groups is 4. The van der Waals surface area contributed by atoms with Crippen molar-refractivity contribution in [2.75, 3.05) is 11.9 Å². The maximum absolute atomic E-state index is 12.3. The number of pyridine rings is 1. The lowest BCUT2D eigenvalue weighted by molar-refractivity contribution is -0.155. The van der Waals surface area contributed by atoms with Crippen LogP contribution in [0.2, 0.25) is 10.0 Å². The zero-order valence-corrected chi connectivity index (χ0v) is 16.3.